The van der Waals surface area contributed by atoms with Gasteiger partial charge in [-0.2, -0.15) is 12.6 Å². The van der Waals surface area contributed by atoms with Gasteiger partial charge in [0.15, 0.2) is 0 Å². The summed E-state index contributed by atoms with van der Waals surface area (Å²) in [5, 5.41) is -0.304. The smallest absolute Gasteiger partial charge is 0.236 e. The Morgan fingerprint density at radius 2 is 1.95 bits per heavy atom. The third kappa shape index (κ3) is 5.25. The number of methoxy groups -OCH3 is 1. The molecule has 1 aromatic carbocycles. The maximum atomic E-state index is 12.4. The number of amides is 1. The Morgan fingerprint density at radius 1 is 1.32 bits per heavy atom. The van der Waals surface area contributed by atoms with Crippen molar-refractivity contribution in [2.75, 3.05) is 20.3 Å². The van der Waals surface area contributed by atoms with Gasteiger partial charge in [0.05, 0.1) is 11.9 Å². The summed E-state index contributed by atoms with van der Waals surface area (Å²) in [5.41, 5.74) is 1.13. The van der Waals surface area contributed by atoms with E-state index in [1.165, 1.54) is 0 Å². The number of hydrogen-bond donors (Lipinski definition) is 1. The molecule has 0 heterocycles. The fraction of sp³-hybridized carbons (Fsp3) is 0.533. The maximum absolute atomic E-state index is 12.4. The third-order valence-corrected chi connectivity index (χ3v) is 3.40. The van der Waals surface area contributed by atoms with Crippen LogP contribution in [-0.2, 0) is 16.0 Å². The molecule has 0 N–H and O–H groups in total. The molecular formula is C15H23NO2S. The molecule has 1 unspecified atom stereocenters. The minimum absolute atomic E-state index is 0.0687. The topological polar surface area (TPSA) is 29.5 Å². The molecule has 1 atom stereocenters. The van der Waals surface area contributed by atoms with Crippen molar-refractivity contribution in [3.8, 4) is 0 Å². The lowest BCUT2D eigenvalue weighted by atomic mass is 10.1. The van der Waals surface area contributed by atoms with Gasteiger partial charge in [-0.3, -0.25) is 4.79 Å². The Hall–Kier alpha value is -1.00. The fourth-order valence-electron chi connectivity index (χ4n) is 1.93. The van der Waals surface area contributed by atoms with Crippen LogP contribution >= 0.6 is 12.6 Å². The number of rotatable bonds is 7. The summed E-state index contributed by atoms with van der Waals surface area (Å²) < 4.78 is 5.05. The van der Waals surface area contributed by atoms with E-state index in [1.807, 2.05) is 49.1 Å². The lowest BCUT2D eigenvalue weighted by Crippen LogP contribution is -2.44. The predicted octanol–water partition coefficient (Wildman–Crippen LogP) is 2.41. The van der Waals surface area contributed by atoms with Crippen molar-refractivity contribution in [2.24, 2.45) is 0 Å². The lowest BCUT2D eigenvalue weighted by Gasteiger charge is -2.29. The molecule has 0 aliphatic rings. The SMILES string of the molecule is COCCN(C(=O)C(S)Cc1ccccc1)C(C)C. The first kappa shape index (κ1) is 16.1. The van der Waals surface area contributed by atoms with Gasteiger partial charge in [0.1, 0.15) is 0 Å². The third-order valence-electron chi connectivity index (χ3n) is 3.00. The van der Waals surface area contributed by atoms with Gasteiger partial charge in [-0.15, -0.1) is 0 Å². The van der Waals surface area contributed by atoms with Crippen LogP contribution in [0.25, 0.3) is 0 Å². The molecule has 0 bridgehead atoms. The summed E-state index contributed by atoms with van der Waals surface area (Å²) in [4.78, 5) is 14.2. The van der Waals surface area contributed by atoms with E-state index in [0.717, 1.165) is 5.56 Å². The molecule has 19 heavy (non-hydrogen) atoms. The van der Waals surface area contributed by atoms with E-state index in [2.05, 4.69) is 12.6 Å². The first-order chi connectivity index (χ1) is 9.06. The molecule has 3 nitrogen and oxygen atoms in total. The Bertz CT molecular complexity index is 381. The van der Waals surface area contributed by atoms with Gasteiger partial charge in [0.25, 0.3) is 0 Å². The quantitative estimate of drug-likeness (QED) is 0.778. The van der Waals surface area contributed by atoms with Gasteiger partial charge in [0, 0.05) is 19.7 Å². The number of benzene rings is 1. The van der Waals surface area contributed by atoms with E-state index >= 15 is 0 Å². The van der Waals surface area contributed by atoms with E-state index in [0.29, 0.717) is 19.6 Å². The van der Waals surface area contributed by atoms with E-state index in [-0.39, 0.29) is 17.2 Å². The average molecular weight is 281 g/mol. The standard InChI is InChI=1S/C15H23NO2S/c1-12(2)16(9-10-18-3)15(17)14(19)11-13-7-5-4-6-8-13/h4-8,12,14,19H,9-11H2,1-3H3. The number of nitrogens with zero attached hydrogens (tertiary/aromatic N) is 1. The fourth-order valence-corrected chi connectivity index (χ4v) is 2.29. The number of ether oxygens (including phenoxy) is 1. The molecule has 0 aromatic heterocycles. The van der Waals surface area contributed by atoms with Crippen LogP contribution in [0.1, 0.15) is 19.4 Å². The van der Waals surface area contributed by atoms with Crippen molar-refractivity contribution in [3.63, 3.8) is 0 Å². The zero-order valence-electron chi connectivity index (χ0n) is 11.9. The first-order valence-electron chi connectivity index (χ1n) is 6.57. The summed E-state index contributed by atoms with van der Waals surface area (Å²) in [6.45, 7) is 5.18. The molecule has 106 valence electrons. The van der Waals surface area contributed by atoms with E-state index in [1.54, 1.807) is 7.11 Å². The van der Waals surface area contributed by atoms with Crippen LogP contribution in [0.4, 0.5) is 0 Å². The number of carbonyl (C=O) groups is 1. The molecule has 1 amide bonds. The zero-order chi connectivity index (χ0) is 14.3. The monoisotopic (exact) mass is 281 g/mol. The Kier molecular flexibility index (Phi) is 6.95. The average Bonchev–Trinajstić information content (AvgIpc) is 2.39. The van der Waals surface area contributed by atoms with Gasteiger partial charge in [-0.05, 0) is 25.8 Å². The van der Waals surface area contributed by atoms with Crippen LogP contribution in [0.2, 0.25) is 0 Å². The van der Waals surface area contributed by atoms with E-state index in [4.69, 9.17) is 4.74 Å². The molecular weight excluding hydrogens is 258 g/mol. The van der Waals surface area contributed by atoms with Crippen molar-refractivity contribution in [2.45, 2.75) is 31.6 Å². The highest BCUT2D eigenvalue weighted by Crippen LogP contribution is 2.12. The normalized spacial score (nSPS) is 12.5. The number of thiol groups is 1. The Morgan fingerprint density at radius 3 is 2.47 bits per heavy atom. The van der Waals surface area contributed by atoms with Gasteiger partial charge in [0.2, 0.25) is 5.91 Å². The predicted molar refractivity (Wildman–Crippen MR) is 81.6 cm³/mol. The molecule has 4 heteroatoms. The molecule has 0 aliphatic carbocycles. The van der Waals surface area contributed by atoms with Crippen LogP contribution < -0.4 is 0 Å². The summed E-state index contributed by atoms with van der Waals surface area (Å²) in [7, 11) is 1.64. The second-order valence-corrected chi connectivity index (χ2v) is 5.45. The highest BCUT2D eigenvalue weighted by molar-refractivity contribution is 7.81. The number of hydrogen-bond acceptors (Lipinski definition) is 3. The van der Waals surface area contributed by atoms with Gasteiger partial charge < -0.3 is 9.64 Å². The van der Waals surface area contributed by atoms with Crippen LogP contribution in [0, 0.1) is 0 Å². The van der Waals surface area contributed by atoms with E-state index in [9.17, 15) is 4.79 Å². The van der Waals surface area contributed by atoms with Gasteiger partial charge >= 0.3 is 0 Å². The van der Waals surface area contributed by atoms with E-state index < -0.39 is 0 Å². The number of carbonyl (C=O) groups excluding carboxylic acids is 1. The van der Waals surface area contributed by atoms with Crippen LogP contribution in [0.5, 0.6) is 0 Å². The summed E-state index contributed by atoms with van der Waals surface area (Å²) in [5.74, 6) is 0.0687. The zero-order valence-corrected chi connectivity index (χ0v) is 12.8. The maximum Gasteiger partial charge on any atom is 0.236 e. The molecule has 0 fully saturated rings. The van der Waals surface area contributed by atoms with Crippen LogP contribution in [0.15, 0.2) is 30.3 Å². The van der Waals surface area contributed by atoms with Crippen molar-refractivity contribution >= 4 is 18.5 Å². The summed E-state index contributed by atoms with van der Waals surface area (Å²) >= 11 is 4.46. The van der Waals surface area contributed by atoms with Gasteiger partial charge in [-0.25, -0.2) is 0 Å². The van der Waals surface area contributed by atoms with Crippen molar-refractivity contribution < 1.29 is 9.53 Å². The Labute approximate surface area is 121 Å². The molecule has 0 aliphatic heterocycles. The molecule has 0 spiro atoms. The van der Waals surface area contributed by atoms with Gasteiger partial charge in [-0.1, -0.05) is 30.3 Å². The minimum Gasteiger partial charge on any atom is -0.383 e. The highest BCUT2D eigenvalue weighted by atomic mass is 32.1. The van der Waals surface area contributed by atoms with Crippen LogP contribution in [0.3, 0.4) is 0 Å². The molecule has 1 rings (SSSR count). The second kappa shape index (κ2) is 8.23. The molecule has 1 aromatic rings. The highest BCUT2D eigenvalue weighted by Gasteiger charge is 2.23. The van der Waals surface area contributed by atoms with Crippen molar-refractivity contribution in [1.29, 1.82) is 0 Å². The molecule has 0 saturated carbocycles. The van der Waals surface area contributed by atoms with Crippen LogP contribution in [-0.4, -0.2) is 42.4 Å². The first-order valence-corrected chi connectivity index (χ1v) is 7.09. The second-order valence-electron chi connectivity index (χ2n) is 4.82. The lowest BCUT2D eigenvalue weighted by molar-refractivity contribution is -0.132. The minimum atomic E-state index is -0.304. The largest absolute Gasteiger partial charge is 0.383 e. The van der Waals surface area contributed by atoms with Crippen molar-refractivity contribution in [1.82, 2.24) is 4.90 Å². The molecule has 0 radical (unpaired) electrons. The van der Waals surface area contributed by atoms with Crippen molar-refractivity contribution in [3.05, 3.63) is 35.9 Å². The summed E-state index contributed by atoms with van der Waals surface area (Å²) in [6, 6.07) is 10.1. The molecule has 0 saturated heterocycles. The Balaban J connectivity index is 2.63. The summed E-state index contributed by atoms with van der Waals surface area (Å²) in [6.07, 6.45) is 0.652.